The van der Waals surface area contributed by atoms with E-state index >= 15 is 0 Å². The maximum Gasteiger partial charge on any atom is 0.0926 e. The maximum absolute atomic E-state index is 9.41. The van der Waals surface area contributed by atoms with Crippen LogP contribution in [0.2, 0.25) is 0 Å². The first-order valence-electron chi connectivity index (χ1n) is 6.10. The molecule has 0 spiro atoms. The molecule has 1 aromatic rings. The van der Waals surface area contributed by atoms with Crippen molar-refractivity contribution in [2.24, 2.45) is 5.92 Å². The van der Waals surface area contributed by atoms with Gasteiger partial charge in [-0.3, -0.25) is 0 Å². The maximum atomic E-state index is 9.41. The average Bonchev–Trinajstić information content (AvgIpc) is 2.88. The van der Waals surface area contributed by atoms with Gasteiger partial charge in [0, 0.05) is 11.9 Å². The predicted molar refractivity (Wildman–Crippen MR) is 66.5 cm³/mol. The van der Waals surface area contributed by atoms with E-state index in [0.29, 0.717) is 5.92 Å². The van der Waals surface area contributed by atoms with Gasteiger partial charge in [-0.25, -0.2) is 4.98 Å². The van der Waals surface area contributed by atoms with Gasteiger partial charge in [0.2, 0.25) is 0 Å². The molecular formula is C12H20N2OS. The second kappa shape index (κ2) is 5.75. The van der Waals surface area contributed by atoms with Crippen LogP contribution in [0.25, 0.3) is 0 Å². The topological polar surface area (TPSA) is 45.2 Å². The Morgan fingerprint density at radius 1 is 1.56 bits per heavy atom. The number of hydrogen-bond donors (Lipinski definition) is 2. The third-order valence-electron chi connectivity index (χ3n) is 3.15. The lowest BCUT2D eigenvalue weighted by molar-refractivity contribution is 0.177. The molecule has 2 N–H and O–H groups in total. The lowest BCUT2D eigenvalue weighted by Gasteiger charge is -2.09. The molecule has 0 radical (unpaired) electrons. The van der Waals surface area contributed by atoms with Gasteiger partial charge in [-0.15, -0.1) is 11.3 Å². The Morgan fingerprint density at radius 3 is 3.06 bits per heavy atom. The lowest BCUT2D eigenvalue weighted by atomic mass is 10.1. The minimum atomic E-state index is -0.0576. The van der Waals surface area contributed by atoms with Crippen molar-refractivity contribution in [1.82, 2.24) is 10.3 Å². The first-order valence-corrected chi connectivity index (χ1v) is 6.98. The van der Waals surface area contributed by atoms with E-state index in [4.69, 9.17) is 0 Å². The Kier molecular flexibility index (Phi) is 4.32. The monoisotopic (exact) mass is 240 g/mol. The number of aromatic nitrogens is 1. The van der Waals surface area contributed by atoms with Gasteiger partial charge in [-0.05, 0) is 38.1 Å². The van der Waals surface area contributed by atoms with E-state index in [1.54, 1.807) is 11.3 Å². The molecule has 2 atom stereocenters. The summed E-state index contributed by atoms with van der Waals surface area (Å²) in [6.07, 6.45) is 4.07. The van der Waals surface area contributed by atoms with Gasteiger partial charge >= 0.3 is 0 Å². The molecule has 0 saturated heterocycles. The summed E-state index contributed by atoms with van der Waals surface area (Å²) in [6.45, 7) is 4.01. The van der Waals surface area contributed by atoms with E-state index in [0.717, 1.165) is 44.5 Å². The van der Waals surface area contributed by atoms with E-state index in [1.807, 2.05) is 0 Å². The number of thiazole rings is 1. The molecule has 1 aliphatic carbocycles. The quantitative estimate of drug-likeness (QED) is 0.827. The molecule has 1 fully saturated rings. The highest BCUT2D eigenvalue weighted by molar-refractivity contribution is 7.09. The van der Waals surface area contributed by atoms with Crippen LogP contribution < -0.4 is 5.32 Å². The molecule has 0 amide bonds. The third-order valence-corrected chi connectivity index (χ3v) is 4.20. The molecule has 16 heavy (non-hydrogen) atoms. The zero-order valence-corrected chi connectivity index (χ0v) is 10.6. The number of aliphatic hydroxyl groups is 1. The smallest absolute Gasteiger partial charge is 0.0926 e. The van der Waals surface area contributed by atoms with Crippen molar-refractivity contribution in [3.8, 4) is 0 Å². The SMILES string of the molecule is CCc1nc(CNCC2CCC(O)C2)cs1. The molecule has 0 bridgehead atoms. The van der Waals surface area contributed by atoms with Gasteiger partial charge < -0.3 is 10.4 Å². The Labute approximate surface area is 101 Å². The summed E-state index contributed by atoms with van der Waals surface area (Å²) in [5, 5.41) is 16.2. The van der Waals surface area contributed by atoms with Crippen molar-refractivity contribution in [1.29, 1.82) is 0 Å². The van der Waals surface area contributed by atoms with E-state index in [1.165, 1.54) is 5.01 Å². The Morgan fingerprint density at radius 2 is 2.44 bits per heavy atom. The molecular weight excluding hydrogens is 220 g/mol. The molecule has 3 nitrogen and oxygen atoms in total. The first kappa shape index (κ1) is 12.0. The zero-order chi connectivity index (χ0) is 11.4. The summed E-state index contributed by atoms with van der Waals surface area (Å²) >= 11 is 1.74. The fourth-order valence-corrected chi connectivity index (χ4v) is 2.98. The number of nitrogens with one attached hydrogen (secondary N) is 1. The van der Waals surface area contributed by atoms with Gasteiger partial charge in [0.05, 0.1) is 16.8 Å². The van der Waals surface area contributed by atoms with Crippen LogP contribution >= 0.6 is 11.3 Å². The molecule has 1 aromatic heterocycles. The fourth-order valence-electron chi connectivity index (χ4n) is 2.23. The van der Waals surface area contributed by atoms with Crippen LogP contribution in [0.15, 0.2) is 5.38 Å². The molecule has 1 saturated carbocycles. The lowest BCUT2D eigenvalue weighted by Crippen LogP contribution is -2.21. The molecule has 1 aliphatic rings. The molecule has 1 heterocycles. The van der Waals surface area contributed by atoms with Crippen molar-refractivity contribution >= 4 is 11.3 Å². The predicted octanol–water partition coefficient (Wildman–Crippen LogP) is 1.96. The minimum absolute atomic E-state index is 0.0576. The Hall–Kier alpha value is -0.450. The summed E-state index contributed by atoms with van der Waals surface area (Å²) < 4.78 is 0. The summed E-state index contributed by atoms with van der Waals surface area (Å²) in [4.78, 5) is 4.51. The van der Waals surface area contributed by atoms with Gasteiger partial charge in [0.15, 0.2) is 0 Å². The van der Waals surface area contributed by atoms with E-state index in [2.05, 4.69) is 22.6 Å². The summed E-state index contributed by atoms with van der Waals surface area (Å²) in [6, 6.07) is 0. The van der Waals surface area contributed by atoms with Crippen molar-refractivity contribution in [3.63, 3.8) is 0 Å². The zero-order valence-electron chi connectivity index (χ0n) is 9.78. The van der Waals surface area contributed by atoms with Crippen molar-refractivity contribution < 1.29 is 5.11 Å². The van der Waals surface area contributed by atoms with Gasteiger partial charge in [-0.1, -0.05) is 6.92 Å². The molecule has 0 aromatic carbocycles. The normalized spacial score (nSPS) is 25.1. The highest BCUT2D eigenvalue weighted by atomic mass is 32.1. The number of hydrogen-bond acceptors (Lipinski definition) is 4. The second-order valence-corrected chi connectivity index (χ2v) is 5.49. The number of aliphatic hydroxyl groups excluding tert-OH is 1. The van der Waals surface area contributed by atoms with Crippen LogP contribution in [-0.2, 0) is 13.0 Å². The standard InChI is InChI=1S/C12H20N2OS/c1-2-12-14-10(8-16-12)7-13-6-9-3-4-11(15)5-9/h8-9,11,13,15H,2-7H2,1H3. The van der Waals surface area contributed by atoms with E-state index in [-0.39, 0.29) is 6.10 Å². The summed E-state index contributed by atoms with van der Waals surface area (Å²) in [5.74, 6) is 0.652. The van der Waals surface area contributed by atoms with Gasteiger partial charge in [-0.2, -0.15) is 0 Å². The first-order chi connectivity index (χ1) is 7.78. The average molecular weight is 240 g/mol. The minimum Gasteiger partial charge on any atom is -0.393 e. The highest BCUT2D eigenvalue weighted by Gasteiger charge is 2.21. The van der Waals surface area contributed by atoms with Gasteiger partial charge in [0.1, 0.15) is 0 Å². The van der Waals surface area contributed by atoms with Crippen LogP contribution in [0.1, 0.15) is 36.9 Å². The van der Waals surface area contributed by atoms with Crippen molar-refractivity contribution in [2.75, 3.05) is 6.54 Å². The third kappa shape index (κ3) is 3.27. The van der Waals surface area contributed by atoms with Crippen LogP contribution in [0.3, 0.4) is 0 Å². The van der Waals surface area contributed by atoms with Crippen LogP contribution in [0.5, 0.6) is 0 Å². The van der Waals surface area contributed by atoms with Crippen LogP contribution in [0, 0.1) is 5.92 Å². The molecule has 2 rings (SSSR count). The molecule has 2 unspecified atom stereocenters. The largest absolute Gasteiger partial charge is 0.393 e. The highest BCUT2D eigenvalue weighted by Crippen LogP contribution is 2.24. The Bertz CT molecular complexity index is 327. The van der Waals surface area contributed by atoms with Crippen molar-refractivity contribution in [3.05, 3.63) is 16.1 Å². The number of nitrogens with zero attached hydrogens (tertiary/aromatic N) is 1. The second-order valence-electron chi connectivity index (χ2n) is 4.55. The Balaban J connectivity index is 1.67. The number of rotatable bonds is 5. The van der Waals surface area contributed by atoms with E-state index in [9.17, 15) is 5.11 Å². The summed E-state index contributed by atoms with van der Waals surface area (Å²) in [7, 11) is 0. The molecule has 90 valence electrons. The van der Waals surface area contributed by atoms with Crippen molar-refractivity contribution in [2.45, 2.75) is 45.3 Å². The van der Waals surface area contributed by atoms with Crippen LogP contribution in [0.4, 0.5) is 0 Å². The number of aryl methyl sites for hydroxylation is 1. The van der Waals surface area contributed by atoms with Crippen LogP contribution in [-0.4, -0.2) is 22.7 Å². The van der Waals surface area contributed by atoms with Gasteiger partial charge in [0.25, 0.3) is 0 Å². The summed E-state index contributed by atoms with van der Waals surface area (Å²) in [5.41, 5.74) is 1.15. The van der Waals surface area contributed by atoms with E-state index < -0.39 is 0 Å². The molecule has 4 heteroatoms. The molecule has 0 aliphatic heterocycles. The fraction of sp³-hybridized carbons (Fsp3) is 0.750.